The van der Waals surface area contributed by atoms with Crippen molar-refractivity contribution >= 4 is 0 Å². The molecule has 22 heavy (non-hydrogen) atoms. The van der Waals surface area contributed by atoms with Gasteiger partial charge in [0.2, 0.25) is 0 Å². The Hall–Kier alpha value is -1.14. The molecule has 2 nitrogen and oxygen atoms in total. The SMILES string of the molecule is C[C@@H](NCC[C@]1(c2cccc(F)c2)CCCNC1)C(F)(F)F. The molecule has 1 heterocycles. The predicted octanol–water partition coefficient (Wildman–Crippen LogP) is 3.38. The van der Waals surface area contributed by atoms with E-state index >= 15 is 0 Å². The number of hydrogen-bond acceptors (Lipinski definition) is 2. The second-order valence-corrected chi connectivity index (χ2v) is 6.04. The average Bonchev–Trinajstić information content (AvgIpc) is 2.47. The molecule has 2 atom stereocenters. The molecule has 0 bridgehead atoms. The van der Waals surface area contributed by atoms with Crippen molar-refractivity contribution in [2.24, 2.45) is 0 Å². The molecule has 0 spiro atoms. The molecule has 2 rings (SSSR count). The maximum Gasteiger partial charge on any atom is 0.403 e. The minimum absolute atomic E-state index is 0.249. The van der Waals surface area contributed by atoms with Crippen molar-refractivity contribution < 1.29 is 17.6 Å². The van der Waals surface area contributed by atoms with E-state index in [1.165, 1.54) is 12.1 Å². The van der Waals surface area contributed by atoms with Crippen molar-refractivity contribution in [3.63, 3.8) is 0 Å². The zero-order valence-electron chi connectivity index (χ0n) is 12.6. The smallest absolute Gasteiger partial charge is 0.316 e. The van der Waals surface area contributed by atoms with Crippen molar-refractivity contribution in [1.82, 2.24) is 10.6 Å². The first kappa shape index (κ1) is 17.2. The van der Waals surface area contributed by atoms with E-state index in [1.807, 2.05) is 6.07 Å². The summed E-state index contributed by atoms with van der Waals surface area (Å²) in [6.07, 6.45) is -1.91. The molecule has 0 unspecified atom stereocenters. The highest BCUT2D eigenvalue weighted by molar-refractivity contribution is 5.27. The Morgan fingerprint density at radius 2 is 2.14 bits per heavy atom. The van der Waals surface area contributed by atoms with Gasteiger partial charge in [0.15, 0.2) is 0 Å². The normalized spacial score (nSPS) is 24.2. The van der Waals surface area contributed by atoms with Crippen LogP contribution >= 0.6 is 0 Å². The highest BCUT2D eigenvalue weighted by Gasteiger charge is 2.37. The van der Waals surface area contributed by atoms with Gasteiger partial charge in [0.05, 0.1) is 0 Å². The quantitative estimate of drug-likeness (QED) is 0.813. The van der Waals surface area contributed by atoms with Gasteiger partial charge in [0.1, 0.15) is 11.9 Å². The molecule has 0 aromatic heterocycles. The summed E-state index contributed by atoms with van der Waals surface area (Å²) < 4.78 is 51.2. The highest BCUT2D eigenvalue weighted by atomic mass is 19.4. The summed E-state index contributed by atoms with van der Waals surface area (Å²) in [5, 5.41) is 5.82. The summed E-state index contributed by atoms with van der Waals surface area (Å²) in [6, 6.07) is 4.88. The zero-order chi connectivity index (χ0) is 16.2. The van der Waals surface area contributed by atoms with E-state index in [4.69, 9.17) is 0 Å². The average molecular weight is 318 g/mol. The Morgan fingerprint density at radius 3 is 2.73 bits per heavy atom. The minimum Gasteiger partial charge on any atom is -0.316 e. The van der Waals surface area contributed by atoms with Gasteiger partial charge < -0.3 is 10.6 Å². The summed E-state index contributed by atoms with van der Waals surface area (Å²) in [5.41, 5.74) is 0.555. The van der Waals surface area contributed by atoms with E-state index in [0.717, 1.165) is 31.9 Å². The Bertz CT molecular complexity index is 481. The second-order valence-electron chi connectivity index (χ2n) is 6.04. The standard InChI is InChI=1S/C16H22F4N2/c1-12(16(18,19)20)22-9-7-15(6-3-8-21-11-15)13-4-2-5-14(17)10-13/h2,4-5,10,12,21-22H,3,6-9,11H2,1H3/t12-,15-/m1/s1. The summed E-state index contributed by atoms with van der Waals surface area (Å²) in [7, 11) is 0. The van der Waals surface area contributed by atoms with Crippen LogP contribution in [0.15, 0.2) is 24.3 Å². The lowest BCUT2D eigenvalue weighted by atomic mass is 9.72. The third-order valence-electron chi connectivity index (χ3n) is 4.45. The van der Waals surface area contributed by atoms with Crippen molar-refractivity contribution in [3.8, 4) is 0 Å². The van der Waals surface area contributed by atoms with Crippen LogP contribution in [0, 0.1) is 5.82 Å². The number of nitrogens with one attached hydrogen (secondary N) is 2. The third-order valence-corrected chi connectivity index (χ3v) is 4.45. The fourth-order valence-corrected chi connectivity index (χ4v) is 3.03. The van der Waals surface area contributed by atoms with Gasteiger partial charge in [-0.3, -0.25) is 0 Å². The van der Waals surface area contributed by atoms with E-state index < -0.39 is 12.2 Å². The molecule has 0 saturated carbocycles. The van der Waals surface area contributed by atoms with E-state index in [-0.39, 0.29) is 17.8 Å². The molecule has 1 aromatic carbocycles. The number of rotatable bonds is 5. The van der Waals surface area contributed by atoms with E-state index in [9.17, 15) is 17.6 Å². The third kappa shape index (κ3) is 4.20. The van der Waals surface area contributed by atoms with Crippen molar-refractivity contribution in [2.75, 3.05) is 19.6 Å². The molecule has 0 radical (unpaired) electrons. The summed E-state index contributed by atoms with van der Waals surface area (Å²) in [4.78, 5) is 0. The lowest BCUT2D eigenvalue weighted by molar-refractivity contribution is -0.151. The first-order valence-corrected chi connectivity index (χ1v) is 7.60. The maximum atomic E-state index is 13.5. The number of halogens is 4. The van der Waals surface area contributed by atoms with E-state index in [2.05, 4.69) is 10.6 Å². The molecule has 2 N–H and O–H groups in total. The Balaban J connectivity index is 2.07. The lowest BCUT2D eigenvalue weighted by Gasteiger charge is -2.39. The number of piperidine rings is 1. The van der Waals surface area contributed by atoms with Crippen LogP contribution in [-0.2, 0) is 5.41 Å². The first-order chi connectivity index (χ1) is 10.3. The highest BCUT2D eigenvalue weighted by Crippen LogP contribution is 2.35. The molecule has 1 aromatic rings. The van der Waals surface area contributed by atoms with E-state index in [1.54, 1.807) is 6.07 Å². The van der Waals surface area contributed by atoms with Crippen molar-refractivity contribution in [3.05, 3.63) is 35.6 Å². The molecular formula is C16H22F4N2. The molecule has 1 aliphatic rings. The van der Waals surface area contributed by atoms with Crippen LogP contribution in [0.5, 0.6) is 0 Å². The van der Waals surface area contributed by atoms with E-state index in [0.29, 0.717) is 13.0 Å². The van der Waals surface area contributed by atoms with Crippen LogP contribution in [0.25, 0.3) is 0 Å². The maximum absolute atomic E-state index is 13.5. The number of benzene rings is 1. The van der Waals surface area contributed by atoms with Gasteiger partial charge in [-0.2, -0.15) is 13.2 Å². The summed E-state index contributed by atoms with van der Waals surface area (Å²) in [5.74, 6) is -0.306. The van der Waals surface area contributed by atoms with Crippen molar-refractivity contribution in [2.45, 2.75) is 43.8 Å². The topological polar surface area (TPSA) is 24.1 Å². The molecule has 6 heteroatoms. The Labute approximate surface area is 128 Å². The van der Waals surface area contributed by atoms with Crippen LogP contribution in [0.1, 0.15) is 31.7 Å². The van der Waals surface area contributed by atoms with Crippen LogP contribution < -0.4 is 10.6 Å². The van der Waals surface area contributed by atoms with Gasteiger partial charge >= 0.3 is 6.18 Å². The van der Waals surface area contributed by atoms with Gasteiger partial charge in [-0.1, -0.05) is 12.1 Å². The molecule has 1 saturated heterocycles. The Morgan fingerprint density at radius 1 is 1.36 bits per heavy atom. The Kier molecular flexibility index (Phi) is 5.45. The number of hydrogen-bond donors (Lipinski definition) is 2. The molecule has 1 aliphatic heterocycles. The molecule has 0 amide bonds. The molecular weight excluding hydrogens is 296 g/mol. The van der Waals surface area contributed by atoms with Crippen LogP contribution in [-0.4, -0.2) is 31.9 Å². The second kappa shape index (κ2) is 6.96. The van der Waals surface area contributed by atoms with Gasteiger partial charge in [-0.05, 0) is 57.0 Å². The molecule has 124 valence electrons. The molecule has 0 aliphatic carbocycles. The van der Waals surface area contributed by atoms with Gasteiger partial charge in [-0.15, -0.1) is 0 Å². The van der Waals surface area contributed by atoms with Gasteiger partial charge in [0, 0.05) is 12.0 Å². The number of alkyl halides is 3. The van der Waals surface area contributed by atoms with Crippen molar-refractivity contribution in [1.29, 1.82) is 0 Å². The lowest BCUT2D eigenvalue weighted by Crippen LogP contribution is -2.47. The van der Waals surface area contributed by atoms with Gasteiger partial charge in [0.25, 0.3) is 0 Å². The molecule has 1 fully saturated rings. The van der Waals surface area contributed by atoms with Crippen LogP contribution in [0.4, 0.5) is 17.6 Å². The van der Waals surface area contributed by atoms with Crippen LogP contribution in [0.3, 0.4) is 0 Å². The predicted molar refractivity (Wildman–Crippen MR) is 78.3 cm³/mol. The monoisotopic (exact) mass is 318 g/mol. The van der Waals surface area contributed by atoms with Gasteiger partial charge in [-0.25, -0.2) is 4.39 Å². The summed E-state index contributed by atoms with van der Waals surface area (Å²) in [6.45, 7) is 2.93. The fraction of sp³-hybridized carbons (Fsp3) is 0.625. The van der Waals surface area contributed by atoms with Crippen LogP contribution in [0.2, 0.25) is 0 Å². The zero-order valence-corrected chi connectivity index (χ0v) is 12.6. The summed E-state index contributed by atoms with van der Waals surface area (Å²) >= 11 is 0. The first-order valence-electron chi connectivity index (χ1n) is 7.60. The fourth-order valence-electron chi connectivity index (χ4n) is 3.03. The minimum atomic E-state index is -4.24. The largest absolute Gasteiger partial charge is 0.403 e.